The number of rotatable bonds is 6. The van der Waals surface area contributed by atoms with Gasteiger partial charge in [0, 0.05) is 30.6 Å². The molecule has 4 rings (SSSR count). The van der Waals surface area contributed by atoms with Crippen molar-refractivity contribution in [3.8, 4) is 0 Å². The number of hydrogen-bond acceptors (Lipinski definition) is 7. The summed E-state index contributed by atoms with van der Waals surface area (Å²) in [7, 11) is -3.73. The zero-order valence-corrected chi connectivity index (χ0v) is 20.4. The molecule has 1 N–H and O–H groups in total. The molecule has 3 aliphatic rings. The van der Waals surface area contributed by atoms with Crippen molar-refractivity contribution in [2.75, 3.05) is 31.6 Å². The number of hydrogen-bond donors (Lipinski definition) is 1. The van der Waals surface area contributed by atoms with Crippen LogP contribution in [0.15, 0.2) is 23.1 Å². The Labute approximate surface area is 200 Å². The number of amides is 1. The van der Waals surface area contributed by atoms with Gasteiger partial charge in [0.05, 0.1) is 24.0 Å². The van der Waals surface area contributed by atoms with E-state index in [-0.39, 0.29) is 41.5 Å². The highest BCUT2D eigenvalue weighted by Crippen LogP contribution is 2.40. The predicted octanol–water partition coefficient (Wildman–Crippen LogP) is 2.28. The second kappa shape index (κ2) is 10.1. The van der Waals surface area contributed by atoms with Gasteiger partial charge in [0.2, 0.25) is 10.0 Å². The van der Waals surface area contributed by atoms with E-state index < -0.39 is 28.0 Å². The summed E-state index contributed by atoms with van der Waals surface area (Å²) in [4.78, 5) is 37.8. The lowest BCUT2D eigenvalue weighted by atomic mass is 9.67. The van der Waals surface area contributed by atoms with Gasteiger partial charge in [-0.15, -0.1) is 0 Å². The first-order chi connectivity index (χ1) is 16.2. The zero-order chi connectivity index (χ0) is 24.5. The molecule has 0 radical (unpaired) electrons. The minimum atomic E-state index is -3.73. The molecule has 186 valence electrons. The van der Waals surface area contributed by atoms with Crippen LogP contribution >= 0.6 is 0 Å². The van der Waals surface area contributed by atoms with Gasteiger partial charge in [0.25, 0.3) is 5.91 Å². The van der Waals surface area contributed by atoms with E-state index in [2.05, 4.69) is 5.32 Å². The number of morpholine rings is 1. The molecule has 2 bridgehead atoms. The van der Waals surface area contributed by atoms with Crippen LogP contribution in [-0.4, -0.2) is 62.8 Å². The van der Waals surface area contributed by atoms with E-state index in [1.54, 1.807) is 19.1 Å². The summed E-state index contributed by atoms with van der Waals surface area (Å²) in [6.07, 6.45) is 2.58. The zero-order valence-electron chi connectivity index (χ0n) is 19.6. The molecular formula is C24H32N2O7S. The molecule has 1 saturated heterocycles. The van der Waals surface area contributed by atoms with Crippen molar-refractivity contribution in [1.82, 2.24) is 4.31 Å². The second-order valence-electron chi connectivity index (χ2n) is 9.46. The van der Waals surface area contributed by atoms with Crippen LogP contribution in [0.5, 0.6) is 0 Å². The maximum atomic E-state index is 13.1. The number of ketones is 1. The van der Waals surface area contributed by atoms with Crippen LogP contribution in [0.4, 0.5) is 5.69 Å². The van der Waals surface area contributed by atoms with E-state index in [0.717, 1.165) is 19.3 Å². The summed E-state index contributed by atoms with van der Waals surface area (Å²) in [6.45, 7) is 4.43. The molecular weight excluding hydrogens is 460 g/mol. The average molecular weight is 493 g/mol. The number of aryl methyl sites for hydroxylation is 1. The Morgan fingerprint density at radius 1 is 1.15 bits per heavy atom. The van der Waals surface area contributed by atoms with Gasteiger partial charge in [-0.1, -0.05) is 12.5 Å². The Morgan fingerprint density at radius 3 is 2.44 bits per heavy atom. The van der Waals surface area contributed by atoms with Gasteiger partial charge in [-0.25, -0.2) is 8.42 Å². The SMILES string of the molecule is Cc1ccc(NC(=O)[C@H](C)OC(=O)C2C[C@H]3CCC[C@@H](C2)C3=O)cc1S(=O)(=O)N1CCOCC1. The van der Waals surface area contributed by atoms with Crippen molar-refractivity contribution in [2.45, 2.75) is 57.0 Å². The van der Waals surface area contributed by atoms with E-state index in [4.69, 9.17) is 9.47 Å². The van der Waals surface area contributed by atoms with Crippen LogP contribution in [0, 0.1) is 24.7 Å². The summed E-state index contributed by atoms with van der Waals surface area (Å²) < 4.78 is 38.2. The third kappa shape index (κ3) is 5.18. The highest BCUT2D eigenvalue weighted by atomic mass is 32.2. The lowest BCUT2D eigenvalue weighted by Crippen LogP contribution is -2.41. The maximum Gasteiger partial charge on any atom is 0.309 e. The molecule has 1 aromatic rings. The van der Waals surface area contributed by atoms with E-state index in [1.165, 1.54) is 17.3 Å². The number of carbonyl (C=O) groups excluding carboxylic acids is 3. The van der Waals surface area contributed by atoms with E-state index in [1.807, 2.05) is 0 Å². The van der Waals surface area contributed by atoms with Crippen molar-refractivity contribution >= 4 is 33.4 Å². The second-order valence-corrected chi connectivity index (χ2v) is 11.4. The monoisotopic (exact) mass is 492 g/mol. The van der Waals surface area contributed by atoms with Crippen LogP contribution in [0.3, 0.4) is 0 Å². The van der Waals surface area contributed by atoms with Gasteiger partial charge in [-0.05, 0) is 57.2 Å². The molecule has 0 spiro atoms. The maximum absolute atomic E-state index is 13.1. The summed E-state index contributed by atoms with van der Waals surface area (Å²) in [5.74, 6) is -1.25. The molecule has 2 saturated carbocycles. The van der Waals surface area contributed by atoms with E-state index in [0.29, 0.717) is 37.3 Å². The molecule has 34 heavy (non-hydrogen) atoms. The third-order valence-corrected chi connectivity index (χ3v) is 9.13. The summed E-state index contributed by atoms with van der Waals surface area (Å²) in [5, 5.41) is 2.66. The molecule has 3 fully saturated rings. The fourth-order valence-electron chi connectivity index (χ4n) is 5.12. The molecule has 1 heterocycles. The first-order valence-corrected chi connectivity index (χ1v) is 13.3. The summed E-state index contributed by atoms with van der Waals surface area (Å²) in [5.41, 5.74) is 0.879. The number of nitrogens with zero attached hydrogens (tertiary/aromatic N) is 1. The quantitative estimate of drug-likeness (QED) is 0.605. The highest BCUT2D eigenvalue weighted by molar-refractivity contribution is 7.89. The number of esters is 1. The number of fused-ring (bicyclic) bond motifs is 2. The summed E-state index contributed by atoms with van der Waals surface area (Å²) >= 11 is 0. The van der Waals surface area contributed by atoms with Crippen LogP contribution in [0.2, 0.25) is 0 Å². The summed E-state index contributed by atoms with van der Waals surface area (Å²) in [6, 6.07) is 4.69. The topological polar surface area (TPSA) is 119 Å². The lowest BCUT2D eigenvalue weighted by molar-refractivity contribution is -0.161. The molecule has 1 aromatic carbocycles. The molecule has 0 aromatic heterocycles. The van der Waals surface area contributed by atoms with E-state index in [9.17, 15) is 22.8 Å². The molecule has 1 amide bonds. The minimum Gasteiger partial charge on any atom is -0.452 e. The average Bonchev–Trinajstić information content (AvgIpc) is 2.80. The Balaban J connectivity index is 1.39. The van der Waals surface area contributed by atoms with Gasteiger partial charge in [0.15, 0.2) is 6.10 Å². The van der Waals surface area contributed by atoms with Crippen LogP contribution in [-0.2, 0) is 33.9 Å². The number of sulfonamides is 1. The van der Waals surface area contributed by atoms with E-state index >= 15 is 0 Å². The van der Waals surface area contributed by atoms with Crippen LogP contribution in [0.25, 0.3) is 0 Å². The number of ether oxygens (including phenoxy) is 2. The standard InChI is InChI=1S/C24H32N2O7S/c1-15-6-7-20(14-21(15)34(30,31)26-8-10-32-11-9-26)25-23(28)16(2)33-24(29)19-12-17-4-3-5-18(13-19)22(17)27/h6-7,14,16-19H,3-5,8-13H2,1-2H3,(H,25,28)/t16-,17-,18+,19?/m0/s1. The largest absolute Gasteiger partial charge is 0.452 e. The smallest absolute Gasteiger partial charge is 0.309 e. The molecule has 10 heteroatoms. The Kier molecular flexibility index (Phi) is 7.39. The number of benzene rings is 1. The van der Waals surface area contributed by atoms with Gasteiger partial charge in [-0.3, -0.25) is 14.4 Å². The first-order valence-electron chi connectivity index (χ1n) is 11.9. The first kappa shape index (κ1) is 24.8. The fraction of sp³-hybridized carbons (Fsp3) is 0.625. The number of carbonyl (C=O) groups is 3. The number of nitrogens with one attached hydrogen (secondary N) is 1. The van der Waals surface area contributed by atoms with Crippen molar-refractivity contribution in [3.63, 3.8) is 0 Å². The molecule has 2 aliphatic carbocycles. The van der Waals surface area contributed by atoms with Gasteiger partial charge >= 0.3 is 5.97 Å². The Bertz CT molecular complexity index is 1050. The number of Topliss-reactive ketones (excluding diaryl/α,β-unsaturated/α-hetero) is 1. The van der Waals surface area contributed by atoms with Crippen molar-refractivity contribution in [2.24, 2.45) is 17.8 Å². The number of anilines is 1. The van der Waals surface area contributed by atoms with Crippen molar-refractivity contribution in [3.05, 3.63) is 23.8 Å². The lowest BCUT2D eigenvalue weighted by Gasteiger charge is -2.36. The normalized spacial score (nSPS) is 26.5. The Morgan fingerprint density at radius 2 is 1.79 bits per heavy atom. The highest BCUT2D eigenvalue weighted by Gasteiger charge is 2.42. The molecule has 1 aliphatic heterocycles. The third-order valence-electron chi connectivity index (χ3n) is 7.09. The van der Waals surface area contributed by atoms with Crippen LogP contribution in [0.1, 0.15) is 44.6 Å². The Hall–Kier alpha value is -2.30. The predicted molar refractivity (Wildman–Crippen MR) is 124 cm³/mol. The molecule has 9 nitrogen and oxygen atoms in total. The molecule has 4 atom stereocenters. The van der Waals surface area contributed by atoms with Crippen LogP contribution < -0.4 is 5.32 Å². The van der Waals surface area contributed by atoms with Crippen molar-refractivity contribution < 1.29 is 32.3 Å². The van der Waals surface area contributed by atoms with Gasteiger partial charge in [-0.2, -0.15) is 4.31 Å². The van der Waals surface area contributed by atoms with Gasteiger partial charge in [0.1, 0.15) is 5.78 Å². The van der Waals surface area contributed by atoms with Crippen molar-refractivity contribution in [1.29, 1.82) is 0 Å². The molecule has 1 unspecified atom stereocenters. The van der Waals surface area contributed by atoms with Gasteiger partial charge < -0.3 is 14.8 Å². The minimum absolute atomic E-state index is 0.0754. The fourth-order valence-corrected chi connectivity index (χ4v) is 6.78.